The number of rotatable bonds is 4. The second-order valence-electron chi connectivity index (χ2n) is 8.73. The standard InChI is InChI=1S/C24H27NO2/c1-27-22-5-3-2-4-21(22)24(26)25-20-8-6-17(7-9-20)23-18-11-15-10-16(13-18)14-19(23)12-15/h2-9,15-16,18-19,23H,10-14H2,1H3,(H,25,26). The summed E-state index contributed by atoms with van der Waals surface area (Å²) in [4.78, 5) is 12.6. The summed E-state index contributed by atoms with van der Waals surface area (Å²) in [6, 6.07) is 15.9. The highest BCUT2D eigenvalue weighted by molar-refractivity contribution is 6.06. The first-order valence-electron chi connectivity index (χ1n) is 10.3. The van der Waals surface area contributed by atoms with Crippen molar-refractivity contribution < 1.29 is 9.53 Å². The fourth-order valence-corrected chi connectivity index (χ4v) is 6.29. The molecule has 2 aromatic carbocycles. The normalized spacial score (nSPS) is 30.9. The number of amides is 1. The van der Waals surface area contributed by atoms with Gasteiger partial charge in [-0.25, -0.2) is 0 Å². The van der Waals surface area contributed by atoms with Gasteiger partial charge in [-0.3, -0.25) is 4.79 Å². The number of carbonyl (C=O) groups excluding carboxylic acids is 1. The number of methoxy groups -OCH3 is 1. The SMILES string of the molecule is COc1ccccc1C(=O)Nc1ccc(C2C3CC4CC(C3)CC2C4)cc1. The van der Waals surface area contributed by atoms with E-state index in [4.69, 9.17) is 4.74 Å². The smallest absolute Gasteiger partial charge is 0.259 e. The predicted molar refractivity (Wildman–Crippen MR) is 107 cm³/mol. The molecular weight excluding hydrogens is 334 g/mol. The lowest BCUT2D eigenvalue weighted by atomic mass is 9.51. The average Bonchev–Trinajstić information content (AvgIpc) is 2.68. The molecule has 0 aromatic heterocycles. The molecule has 0 heterocycles. The van der Waals surface area contributed by atoms with Gasteiger partial charge in [0, 0.05) is 5.69 Å². The molecule has 0 aliphatic heterocycles. The molecular formula is C24H27NO2. The Labute approximate surface area is 161 Å². The molecule has 0 saturated heterocycles. The fourth-order valence-electron chi connectivity index (χ4n) is 6.29. The number of benzene rings is 2. The lowest BCUT2D eigenvalue weighted by Gasteiger charge is -2.54. The lowest BCUT2D eigenvalue weighted by molar-refractivity contribution is -0.00277. The highest BCUT2D eigenvalue weighted by atomic mass is 16.5. The van der Waals surface area contributed by atoms with Gasteiger partial charge in [-0.2, -0.15) is 0 Å². The zero-order chi connectivity index (χ0) is 18.4. The summed E-state index contributed by atoms with van der Waals surface area (Å²) in [7, 11) is 1.59. The van der Waals surface area contributed by atoms with E-state index in [1.54, 1.807) is 13.2 Å². The minimum absolute atomic E-state index is 0.130. The van der Waals surface area contributed by atoms with E-state index in [0.29, 0.717) is 11.3 Å². The zero-order valence-corrected chi connectivity index (χ0v) is 15.9. The molecule has 2 aromatic rings. The van der Waals surface area contributed by atoms with Gasteiger partial charge >= 0.3 is 0 Å². The van der Waals surface area contributed by atoms with E-state index < -0.39 is 0 Å². The van der Waals surface area contributed by atoms with Crippen LogP contribution in [0.25, 0.3) is 0 Å². The molecule has 4 aliphatic rings. The van der Waals surface area contributed by atoms with Crippen molar-refractivity contribution in [3.05, 3.63) is 59.7 Å². The maximum absolute atomic E-state index is 12.6. The zero-order valence-electron chi connectivity index (χ0n) is 15.9. The van der Waals surface area contributed by atoms with Crippen LogP contribution in [0, 0.1) is 23.7 Å². The summed E-state index contributed by atoms with van der Waals surface area (Å²) in [5.41, 5.74) is 2.88. The Bertz CT molecular complexity index is 814. The van der Waals surface area contributed by atoms with Crippen LogP contribution in [-0.4, -0.2) is 13.0 Å². The molecule has 0 unspecified atom stereocenters. The van der Waals surface area contributed by atoms with Crippen molar-refractivity contribution in [2.24, 2.45) is 23.7 Å². The monoisotopic (exact) mass is 361 g/mol. The molecule has 0 atom stereocenters. The Kier molecular flexibility index (Phi) is 4.18. The maximum Gasteiger partial charge on any atom is 0.259 e. The van der Waals surface area contributed by atoms with Crippen LogP contribution in [0.3, 0.4) is 0 Å². The van der Waals surface area contributed by atoms with Crippen molar-refractivity contribution in [1.29, 1.82) is 0 Å². The van der Waals surface area contributed by atoms with Gasteiger partial charge in [0.05, 0.1) is 12.7 Å². The molecule has 1 amide bonds. The van der Waals surface area contributed by atoms with Gasteiger partial charge < -0.3 is 10.1 Å². The number of hydrogen-bond donors (Lipinski definition) is 1. The number of nitrogens with one attached hydrogen (secondary N) is 1. The van der Waals surface area contributed by atoms with E-state index in [-0.39, 0.29) is 5.91 Å². The summed E-state index contributed by atoms with van der Waals surface area (Å²) in [5.74, 6) is 4.98. The first-order valence-corrected chi connectivity index (χ1v) is 10.3. The highest BCUT2D eigenvalue weighted by Crippen LogP contribution is 2.59. The molecule has 0 radical (unpaired) electrons. The number of ether oxygens (including phenoxy) is 1. The minimum atomic E-state index is -0.130. The molecule has 6 rings (SSSR count). The van der Waals surface area contributed by atoms with Crippen molar-refractivity contribution in [1.82, 2.24) is 0 Å². The van der Waals surface area contributed by atoms with Crippen molar-refractivity contribution >= 4 is 11.6 Å². The quantitative estimate of drug-likeness (QED) is 0.782. The van der Waals surface area contributed by atoms with E-state index in [1.807, 2.05) is 18.2 Å². The highest BCUT2D eigenvalue weighted by Gasteiger charge is 2.48. The molecule has 0 spiro atoms. The van der Waals surface area contributed by atoms with Crippen LogP contribution < -0.4 is 10.1 Å². The molecule has 4 aliphatic carbocycles. The van der Waals surface area contributed by atoms with Crippen molar-refractivity contribution in [2.45, 2.75) is 38.0 Å². The number of para-hydroxylation sites is 1. The molecule has 4 bridgehead atoms. The third kappa shape index (κ3) is 3.03. The van der Waals surface area contributed by atoms with Crippen LogP contribution in [0.15, 0.2) is 48.5 Å². The van der Waals surface area contributed by atoms with Gasteiger partial charge in [0.25, 0.3) is 5.91 Å². The topological polar surface area (TPSA) is 38.3 Å². The predicted octanol–water partition coefficient (Wildman–Crippen LogP) is 5.49. The number of hydrogen-bond acceptors (Lipinski definition) is 2. The Morgan fingerprint density at radius 3 is 2.15 bits per heavy atom. The first kappa shape index (κ1) is 16.9. The lowest BCUT2D eigenvalue weighted by Crippen LogP contribution is -2.43. The van der Waals surface area contributed by atoms with Crippen LogP contribution >= 0.6 is 0 Å². The fraction of sp³-hybridized carbons (Fsp3) is 0.458. The van der Waals surface area contributed by atoms with Gasteiger partial charge in [-0.05, 0) is 91.5 Å². The van der Waals surface area contributed by atoms with Crippen LogP contribution in [0.1, 0.15) is 53.9 Å². The molecule has 1 N–H and O–H groups in total. The Morgan fingerprint density at radius 1 is 0.889 bits per heavy atom. The molecule has 3 nitrogen and oxygen atoms in total. The third-order valence-corrected chi connectivity index (χ3v) is 7.13. The van der Waals surface area contributed by atoms with Gasteiger partial charge in [0.1, 0.15) is 5.75 Å². The van der Waals surface area contributed by atoms with Crippen LogP contribution in [-0.2, 0) is 0 Å². The molecule has 4 fully saturated rings. The summed E-state index contributed by atoms with van der Waals surface area (Å²) < 4.78 is 5.30. The minimum Gasteiger partial charge on any atom is -0.496 e. The molecule has 140 valence electrons. The average molecular weight is 361 g/mol. The Morgan fingerprint density at radius 2 is 1.52 bits per heavy atom. The van der Waals surface area contributed by atoms with Crippen molar-refractivity contribution in [3.8, 4) is 5.75 Å². The van der Waals surface area contributed by atoms with E-state index in [9.17, 15) is 4.79 Å². The Hall–Kier alpha value is -2.29. The largest absolute Gasteiger partial charge is 0.496 e. The number of anilines is 1. The summed E-state index contributed by atoms with van der Waals surface area (Å²) in [6.07, 6.45) is 7.23. The van der Waals surface area contributed by atoms with E-state index in [1.165, 1.54) is 37.7 Å². The molecule has 27 heavy (non-hydrogen) atoms. The summed E-state index contributed by atoms with van der Waals surface area (Å²) in [5, 5.41) is 3.01. The van der Waals surface area contributed by atoms with Gasteiger partial charge in [0.2, 0.25) is 0 Å². The van der Waals surface area contributed by atoms with Gasteiger partial charge in [0.15, 0.2) is 0 Å². The van der Waals surface area contributed by atoms with E-state index in [2.05, 4.69) is 29.6 Å². The second-order valence-corrected chi connectivity index (χ2v) is 8.73. The van der Waals surface area contributed by atoms with Crippen molar-refractivity contribution in [2.75, 3.05) is 12.4 Å². The second kappa shape index (κ2) is 6.70. The molecule has 4 saturated carbocycles. The van der Waals surface area contributed by atoms with Gasteiger partial charge in [-0.1, -0.05) is 24.3 Å². The number of carbonyl (C=O) groups is 1. The van der Waals surface area contributed by atoms with Crippen LogP contribution in [0.2, 0.25) is 0 Å². The maximum atomic E-state index is 12.6. The third-order valence-electron chi connectivity index (χ3n) is 7.13. The van der Waals surface area contributed by atoms with E-state index in [0.717, 1.165) is 35.3 Å². The first-order chi connectivity index (χ1) is 13.2. The van der Waals surface area contributed by atoms with E-state index >= 15 is 0 Å². The van der Waals surface area contributed by atoms with Crippen LogP contribution in [0.5, 0.6) is 5.75 Å². The summed E-state index contributed by atoms with van der Waals surface area (Å²) in [6.45, 7) is 0. The molecule has 3 heteroatoms. The Balaban J connectivity index is 1.31. The van der Waals surface area contributed by atoms with Crippen molar-refractivity contribution in [3.63, 3.8) is 0 Å². The van der Waals surface area contributed by atoms with Gasteiger partial charge in [-0.15, -0.1) is 0 Å². The van der Waals surface area contributed by atoms with Crippen LogP contribution in [0.4, 0.5) is 5.69 Å². The summed E-state index contributed by atoms with van der Waals surface area (Å²) >= 11 is 0.